The molecule has 0 aromatic heterocycles. The van der Waals surface area contributed by atoms with Crippen LogP contribution in [-0.4, -0.2) is 11.1 Å². The van der Waals surface area contributed by atoms with E-state index in [0.717, 1.165) is 24.7 Å². The van der Waals surface area contributed by atoms with E-state index >= 15 is 0 Å². The summed E-state index contributed by atoms with van der Waals surface area (Å²) in [5.41, 5.74) is 0. The van der Waals surface area contributed by atoms with Crippen LogP contribution in [0, 0.1) is 11.8 Å². The molecule has 2 heteroatoms. The highest BCUT2D eigenvalue weighted by Crippen LogP contribution is 2.19. The van der Waals surface area contributed by atoms with Gasteiger partial charge in [0.15, 0.2) is 0 Å². The van der Waals surface area contributed by atoms with Crippen LogP contribution in [0.2, 0.25) is 0 Å². The predicted octanol–water partition coefficient (Wildman–Crippen LogP) is 7.60. The Bertz CT molecular complexity index is 273. The van der Waals surface area contributed by atoms with E-state index in [1.54, 1.807) is 0 Å². The highest BCUT2D eigenvalue weighted by molar-refractivity contribution is 5.66. The van der Waals surface area contributed by atoms with Crippen molar-refractivity contribution < 1.29 is 9.90 Å². The molecule has 24 heavy (non-hydrogen) atoms. The molecule has 1 N–H and O–H groups in total. The topological polar surface area (TPSA) is 37.3 Å². The van der Waals surface area contributed by atoms with Gasteiger partial charge in [0.25, 0.3) is 0 Å². The Balaban J connectivity index is 3.06. The average molecular weight is 341 g/mol. The van der Waals surface area contributed by atoms with Crippen LogP contribution in [0.3, 0.4) is 0 Å². The lowest BCUT2D eigenvalue weighted by Gasteiger charge is -2.14. The number of hydrogen-bond acceptors (Lipinski definition) is 1. The van der Waals surface area contributed by atoms with E-state index in [9.17, 15) is 4.79 Å². The molecule has 0 aromatic carbocycles. The van der Waals surface area contributed by atoms with Crippen LogP contribution < -0.4 is 0 Å². The summed E-state index contributed by atoms with van der Waals surface area (Å²) < 4.78 is 0. The van der Waals surface area contributed by atoms with Crippen LogP contribution in [-0.2, 0) is 4.79 Å². The number of hydrogen-bond donors (Lipinski definition) is 1. The monoisotopic (exact) mass is 340 g/mol. The van der Waals surface area contributed by atoms with E-state index in [0.29, 0.717) is 6.42 Å². The summed E-state index contributed by atoms with van der Waals surface area (Å²) in [6, 6.07) is 0. The lowest BCUT2D eigenvalue weighted by molar-refractivity contribution is -0.137. The normalized spacial score (nSPS) is 12.7. The molecule has 0 saturated carbocycles. The summed E-state index contributed by atoms with van der Waals surface area (Å²) in [6.07, 6.45) is 20.2. The van der Waals surface area contributed by atoms with Gasteiger partial charge in [0.05, 0.1) is 0 Å². The second-order valence-corrected chi connectivity index (χ2v) is 8.10. The van der Waals surface area contributed by atoms with E-state index < -0.39 is 5.97 Å². The third kappa shape index (κ3) is 17.8. The fourth-order valence-corrected chi connectivity index (χ4v) is 3.20. The summed E-state index contributed by atoms with van der Waals surface area (Å²) >= 11 is 0. The fraction of sp³-hybridized carbons (Fsp3) is 0.955. The number of aliphatic carboxylic acids is 1. The van der Waals surface area contributed by atoms with Crippen LogP contribution in [0.15, 0.2) is 0 Å². The molecule has 0 fully saturated rings. The minimum atomic E-state index is -0.653. The molecule has 0 aromatic rings. The Morgan fingerprint density at radius 3 is 1.29 bits per heavy atom. The first-order valence-corrected chi connectivity index (χ1v) is 10.8. The third-order valence-corrected chi connectivity index (χ3v) is 5.44. The molecule has 1 atom stereocenters. The third-order valence-electron chi connectivity index (χ3n) is 5.44. The van der Waals surface area contributed by atoms with Gasteiger partial charge >= 0.3 is 5.97 Å². The first-order valence-electron chi connectivity index (χ1n) is 10.8. The second-order valence-electron chi connectivity index (χ2n) is 8.10. The van der Waals surface area contributed by atoms with Crippen molar-refractivity contribution in [3.8, 4) is 0 Å². The zero-order valence-corrected chi connectivity index (χ0v) is 16.8. The quantitative estimate of drug-likeness (QED) is 0.261. The Kier molecular flexibility index (Phi) is 16.9. The molecular weight excluding hydrogens is 296 g/mol. The maximum absolute atomic E-state index is 10.4. The molecule has 144 valence electrons. The average Bonchev–Trinajstić information content (AvgIpc) is 2.53. The van der Waals surface area contributed by atoms with Crippen LogP contribution in [0.1, 0.15) is 124 Å². The minimum absolute atomic E-state index is 0.344. The van der Waals surface area contributed by atoms with Gasteiger partial charge < -0.3 is 5.11 Å². The Morgan fingerprint density at radius 1 is 0.625 bits per heavy atom. The Hall–Kier alpha value is -0.530. The van der Waals surface area contributed by atoms with Crippen molar-refractivity contribution >= 4 is 5.97 Å². The van der Waals surface area contributed by atoms with E-state index in [4.69, 9.17) is 5.11 Å². The summed E-state index contributed by atoms with van der Waals surface area (Å²) in [7, 11) is 0. The van der Waals surface area contributed by atoms with Crippen molar-refractivity contribution in [3.05, 3.63) is 0 Å². The largest absolute Gasteiger partial charge is 0.481 e. The Labute approximate surface area is 151 Å². The van der Waals surface area contributed by atoms with Gasteiger partial charge in [-0.15, -0.1) is 0 Å². The molecule has 0 rings (SSSR count). The van der Waals surface area contributed by atoms with Crippen LogP contribution in [0.5, 0.6) is 0 Å². The maximum atomic E-state index is 10.4. The zero-order valence-electron chi connectivity index (χ0n) is 16.8. The molecule has 0 aliphatic heterocycles. The summed E-state index contributed by atoms with van der Waals surface area (Å²) in [4.78, 5) is 10.4. The smallest absolute Gasteiger partial charge is 0.303 e. The molecule has 2 nitrogen and oxygen atoms in total. The van der Waals surface area contributed by atoms with Crippen LogP contribution in [0.25, 0.3) is 0 Å². The number of carboxylic acids is 1. The summed E-state index contributed by atoms with van der Waals surface area (Å²) in [5, 5.41) is 8.56. The van der Waals surface area contributed by atoms with Crippen molar-refractivity contribution in [2.75, 3.05) is 0 Å². The number of unbranched alkanes of at least 4 members (excludes halogenated alkanes) is 13. The minimum Gasteiger partial charge on any atom is -0.481 e. The van der Waals surface area contributed by atoms with Gasteiger partial charge in [-0.25, -0.2) is 0 Å². The predicted molar refractivity (Wildman–Crippen MR) is 106 cm³/mol. The molecule has 0 saturated heterocycles. The highest BCUT2D eigenvalue weighted by Gasteiger charge is 2.05. The van der Waals surface area contributed by atoms with Crippen molar-refractivity contribution in [2.24, 2.45) is 11.8 Å². The summed E-state index contributed by atoms with van der Waals surface area (Å²) in [5.74, 6) is 1.08. The van der Waals surface area contributed by atoms with E-state index in [1.807, 2.05) is 0 Å². The standard InChI is InChI=1S/C22H44O2/c1-20(2)21(3)18-16-14-12-10-8-6-4-5-7-9-11-13-15-17-19-22(23)24/h20-21H,4-19H2,1-3H3,(H,23,24). The van der Waals surface area contributed by atoms with Gasteiger partial charge in [-0.05, 0) is 18.3 Å². The van der Waals surface area contributed by atoms with E-state index in [2.05, 4.69) is 20.8 Å². The van der Waals surface area contributed by atoms with Gasteiger partial charge in [0, 0.05) is 6.42 Å². The lowest BCUT2D eigenvalue weighted by atomic mass is 9.92. The number of carbonyl (C=O) groups is 1. The SMILES string of the molecule is CC(C)C(C)CCCCCCCCCCCCCCCCC(=O)O. The molecule has 0 amide bonds. The lowest BCUT2D eigenvalue weighted by Crippen LogP contribution is -2.03. The van der Waals surface area contributed by atoms with Gasteiger partial charge in [-0.1, -0.05) is 111 Å². The molecule has 0 bridgehead atoms. The van der Waals surface area contributed by atoms with Crippen molar-refractivity contribution in [2.45, 2.75) is 124 Å². The van der Waals surface area contributed by atoms with Crippen molar-refractivity contribution in [1.29, 1.82) is 0 Å². The zero-order chi connectivity index (χ0) is 18.0. The molecule has 0 aliphatic rings. The number of rotatable bonds is 18. The molecular formula is C22H44O2. The number of carboxylic acid groups (broad SMARTS) is 1. The summed E-state index contributed by atoms with van der Waals surface area (Å²) in [6.45, 7) is 7.06. The fourth-order valence-electron chi connectivity index (χ4n) is 3.20. The second kappa shape index (κ2) is 17.3. The molecule has 0 radical (unpaired) electrons. The van der Waals surface area contributed by atoms with Crippen molar-refractivity contribution in [1.82, 2.24) is 0 Å². The molecule has 0 spiro atoms. The van der Waals surface area contributed by atoms with Gasteiger partial charge in [0.1, 0.15) is 0 Å². The van der Waals surface area contributed by atoms with Gasteiger partial charge in [-0.3, -0.25) is 4.79 Å². The highest BCUT2D eigenvalue weighted by atomic mass is 16.4. The molecule has 0 heterocycles. The van der Waals surface area contributed by atoms with Crippen molar-refractivity contribution in [3.63, 3.8) is 0 Å². The maximum Gasteiger partial charge on any atom is 0.303 e. The molecule has 1 unspecified atom stereocenters. The van der Waals surface area contributed by atoms with E-state index in [-0.39, 0.29) is 0 Å². The Morgan fingerprint density at radius 2 is 0.958 bits per heavy atom. The van der Waals surface area contributed by atoms with Gasteiger partial charge in [0.2, 0.25) is 0 Å². The van der Waals surface area contributed by atoms with Gasteiger partial charge in [-0.2, -0.15) is 0 Å². The van der Waals surface area contributed by atoms with E-state index in [1.165, 1.54) is 83.5 Å². The van der Waals surface area contributed by atoms with Crippen LogP contribution >= 0.6 is 0 Å². The van der Waals surface area contributed by atoms with Crippen LogP contribution in [0.4, 0.5) is 0 Å². The first-order chi connectivity index (χ1) is 11.5. The molecule has 0 aliphatic carbocycles. The first kappa shape index (κ1) is 23.5.